The molecule has 1 aromatic heterocycles. The molecule has 0 unspecified atom stereocenters. The van der Waals surface area contributed by atoms with Gasteiger partial charge in [0, 0.05) is 45.1 Å². The van der Waals surface area contributed by atoms with Crippen LogP contribution in [0.25, 0.3) is 0 Å². The van der Waals surface area contributed by atoms with E-state index in [0.29, 0.717) is 16.5 Å². The second kappa shape index (κ2) is 11.7. The summed E-state index contributed by atoms with van der Waals surface area (Å²) >= 11 is 0. The first-order valence-corrected chi connectivity index (χ1v) is 13.1. The van der Waals surface area contributed by atoms with Gasteiger partial charge in [-0.05, 0) is 36.4 Å². The Bertz CT molecular complexity index is 1620. The highest BCUT2D eigenvalue weighted by Gasteiger charge is 2.44. The molecule has 2 aliphatic rings. The first-order valence-electron chi connectivity index (χ1n) is 13.1. The zero-order valence-corrected chi connectivity index (χ0v) is 22.8. The van der Waals surface area contributed by atoms with Gasteiger partial charge < -0.3 is 15.0 Å². The molecule has 9 nitrogen and oxygen atoms in total. The molecule has 3 aromatic rings. The molecule has 0 saturated carbocycles. The van der Waals surface area contributed by atoms with Gasteiger partial charge in [0.25, 0.3) is 0 Å². The second-order valence-corrected chi connectivity index (χ2v) is 9.95. The summed E-state index contributed by atoms with van der Waals surface area (Å²) in [5.41, 5.74) is -3.92. The lowest BCUT2D eigenvalue weighted by atomic mass is 10.1. The standard InChI is InChI=1S/C28H23F7N6O3/c1-38(20-6-4-19(29)5-7-20)26(43)44-24-22(28(33,34)35)11-18(27(30,31)32)12-23(24)40-10-9-39(25(40)42)8-2-3-17-13-37-41(16-17)21-14-36-15-21/h4-7,11-13,16,21,36H,8-10,14-15H2,1H3. The minimum atomic E-state index is -5.41. The summed E-state index contributed by atoms with van der Waals surface area (Å²) in [6.07, 6.45) is -8.80. The van der Waals surface area contributed by atoms with Crippen LogP contribution in [0, 0.1) is 17.7 Å². The number of carbonyl (C=O) groups excluding carboxylic acids is 2. The van der Waals surface area contributed by atoms with Crippen LogP contribution in [0.5, 0.6) is 5.75 Å². The molecule has 0 radical (unpaired) electrons. The Morgan fingerprint density at radius 3 is 2.41 bits per heavy atom. The summed E-state index contributed by atoms with van der Waals surface area (Å²) in [6, 6.07) is 3.67. The third-order valence-corrected chi connectivity index (χ3v) is 7.00. The number of carbonyl (C=O) groups is 2. The number of ether oxygens (including phenoxy) is 1. The minimum Gasteiger partial charge on any atom is -0.407 e. The van der Waals surface area contributed by atoms with E-state index in [-0.39, 0.29) is 37.4 Å². The fraction of sp³-hybridized carbons (Fsp3) is 0.321. The Kier molecular flexibility index (Phi) is 8.17. The van der Waals surface area contributed by atoms with Gasteiger partial charge in [-0.1, -0.05) is 11.8 Å². The van der Waals surface area contributed by atoms with Crippen LogP contribution in [0.15, 0.2) is 48.8 Å². The zero-order chi connectivity index (χ0) is 31.8. The monoisotopic (exact) mass is 624 g/mol. The van der Waals surface area contributed by atoms with Crippen molar-refractivity contribution in [3.8, 4) is 17.6 Å². The molecular weight excluding hydrogens is 601 g/mol. The minimum absolute atomic E-state index is 0.0234. The quantitative estimate of drug-likeness (QED) is 0.315. The largest absolute Gasteiger partial charge is 0.420 e. The van der Waals surface area contributed by atoms with Gasteiger partial charge in [0.2, 0.25) is 0 Å². The summed E-state index contributed by atoms with van der Waals surface area (Å²) < 4.78 is 104. The van der Waals surface area contributed by atoms with Gasteiger partial charge >= 0.3 is 24.5 Å². The molecular formula is C28H23F7N6O3. The summed E-state index contributed by atoms with van der Waals surface area (Å²) in [5.74, 6) is 3.67. The number of benzene rings is 2. The van der Waals surface area contributed by atoms with Crippen LogP contribution in [0.1, 0.15) is 22.7 Å². The fourth-order valence-electron chi connectivity index (χ4n) is 4.47. The number of nitrogens with one attached hydrogen (secondary N) is 1. The average molecular weight is 625 g/mol. The molecule has 1 N–H and O–H groups in total. The molecule has 3 heterocycles. The van der Waals surface area contributed by atoms with Crippen molar-refractivity contribution in [1.82, 2.24) is 20.0 Å². The van der Waals surface area contributed by atoms with Crippen LogP contribution in [0.4, 0.5) is 51.7 Å². The first kappa shape index (κ1) is 30.7. The van der Waals surface area contributed by atoms with E-state index in [1.807, 2.05) is 0 Å². The Morgan fingerprint density at radius 2 is 1.80 bits per heavy atom. The van der Waals surface area contributed by atoms with Crippen molar-refractivity contribution in [2.24, 2.45) is 0 Å². The van der Waals surface area contributed by atoms with E-state index in [0.717, 1.165) is 54.2 Å². The van der Waals surface area contributed by atoms with Crippen LogP contribution in [0.3, 0.4) is 0 Å². The Morgan fingerprint density at radius 1 is 1.09 bits per heavy atom. The highest BCUT2D eigenvalue weighted by molar-refractivity contribution is 5.98. The number of hydrogen-bond donors (Lipinski definition) is 1. The SMILES string of the molecule is CN(C(=O)Oc1c(N2CCN(CC#Cc3cnn(C4CNC4)c3)C2=O)cc(C(F)(F)F)cc1C(F)(F)F)c1ccc(F)cc1. The number of alkyl halides is 6. The number of aromatic nitrogens is 2. The van der Waals surface area contributed by atoms with Gasteiger partial charge in [-0.25, -0.2) is 14.0 Å². The number of urea groups is 1. The van der Waals surface area contributed by atoms with Crippen LogP contribution in [-0.2, 0) is 12.4 Å². The molecule has 2 aliphatic heterocycles. The van der Waals surface area contributed by atoms with Crippen LogP contribution in [0.2, 0.25) is 0 Å². The number of halogens is 7. The van der Waals surface area contributed by atoms with E-state index in [2.05, 4.69) is 22.3 Å². The maximum atomic E-state index is 14.1. The summed E-state index contributed by atoms with van der Waals surface area (Å²) in [4.78, 5) is 28.7. The maximum Gasteiger partial charge on any atom is 0.420 e. The summed E-state index contributed by atoms with van der Waals surface area (Å²) in [5, 5.41) is 7.33. The first-order chi connectivity index (χ1) is 20.7. The van der Waals surface area contributed by atoms with Crippen molar-refractivity contribution < 1.29 is 45.1 Å². The predicted octanol–water partition coefficient (Wildman–Crippen LogP) is 5.13. The molecule has 0 atom stereocenters. The highest BCUT2D eigenvalue weighted by atomic mass is 19.4. The lowest BCUT2D eigenvalue weighted by Crippen LogP contribution is -2.43. The number of amides is 3. The van der Waals surface area contributed by atoms with Crippen molar-refractivity contribution in [1.29, 1.82) is 0 Å². The average Bonchev–Trinajstić information content (AvgIpc) is 3.53. The molecule has 0 bridgehead atoms. The molecule has 16 heteroatoms. The van der Waals surface area contributed by atoms with Crippen LogP contribution < -0.4 is 19.9 Å². The molecule has 5 rings (SSSR count). The van der Waals surface area contributed by atoms with Crippen molar-refractivity contribution in [2.75, 3.05) is 49.6 Å². The maximum absolute atomic E-state index is 14.1. The predicted molar refractivity (Wildman–Crippen MR) is 143 cm³/mol. The number of anilines is 2. The van der Waals surface area contributed by atoms with E-state index < -0.39 is 52.9 Å². The van der Waals surface area contributed by atoms with Crippen molar-refractivity contribution in [3.05, 3.63) is 71.3 Å². The van der Waals surface area contributed by atoms with Crippen LogP contribution in [-0.4, -0.2) is 66.6 Å². The van der Waals surface area contributed by atoms with Crippen molar-refractivity contribution in [3.63, 3.8) is 0 Å². The molecule has 2 fully saturated rings. The van der Waals surface area contributed by atoms with E-state index in [4.69, 9.17) is 4.74 Å². The van der Waals surface area contributed by atoms with Crippen molar-refractivity contribution >= 4 is 23.5 Å². The van der Waals surface area contributed by atoms with E-state index in [1.165, 1.54) is 6.20 Å². The lowest BCUT2D eigenvalue weighted by molar-refractivity contribution is -0.143. The van der Waals surface area contributed by atoms with Crippen LogP contribution >= 0.6 is 0 Å². The van der Waals surface area contributed by atoms with Gasteiger partial charge in [0.1, 0.15) is 11.4 Å². The van der Waals surface area contributed by atoms with E-state index in [9.17, 15) is 40.3 Å². The Labute approximate surface area is 245 Å². The molecule has 3 amide bonds. The third-order valence-electron chi connectivity index (χ3n) is 7.00. The molecule has 232 valence electrons. The number of nitrogens with zero attached hydrogens (tertiary/aromatic N) is 5. The van der Waals surface area contributed by atoms with E-state index >= 15 is 0 Å². The molecule has 2 saturated heterocycles. The molecule has 0 aliphatic carbocycles. The van der Waals surface area contributed by atoms with Gasteiger partial charge in [0.15, 0.2) is 5.75 Å². The summed E-state index contributed by atoms with van der Waals surface area (Å²) in [7, 11) is 1.11. The molecule has 0 spiro atoms. The number of hydrogen-bond acceptors (Lipinski definition) is 5. The van der Waals surface area contributed by atoms with Crippen molar-refractivity contribution in [2.45, 2.75) is 18.4 Å². The smallest absolute Gasteiger partial charge is 0.407 e. The second-order valence-electron chi connectivity index (χ2n) is 9.95. The van der Waals surface area contributed by atoms with Gasteiger partial charge in [-0.15, -0.1) is 0 Å². The normalized spacial score (nSPS) is 15.6. The highest BCUT2D eigenvalue weighted by Crippen LogP contribution is 2.47. The molecule has 2 aromatic carbocycles. The van der Waals surface area contributed by atoms with Gasteiger partial charge in [0.05, 0.1) is 35.6 Å². The molecule has 44 heavy (non-hydrogen) atoms. The lowest BCUT2D eigenvalue weighted by Gasteiger charge is -2.26. The van der Waals surface area contributed by atoms with E-state index in [1.54, 1.807) is 10.9 Å². The Hall–Kier alpha value is -4.78. The number of rotatable bonds is 5. The fourth-order valence-corrected chi connectivity index (χ4v) is 4.47. The van der Waals surface area contributed by atoms with Gasteiger partial charge in [-0.2, -0.15) is 31.4 Å². The Balaban J connectivity index is 1.44. The van der Waals surface area contributed by atoms with Gasteiger partial charge in [-0.3, -0.25) is 14.5 Å². The third kappa shape index (κ3) is 6.42. The summed E-state index contributed by atoms with van der Waals surface area (Å²) in [6.45, 7) is 0.945. The zero-order valence-electron chi connectivity index (χ0n) is 22.8. The topological polar surface area (TPSA) is 82.9 Å².